The van der Waals surface area contributed by atoms with E-state index in [1.54, 1.807) is 18.2 Å². The van der Waals surface area contributed by atoms with Gasteiger partial charge in [-0.2, -0.15) is 5.10 Å². The van der Waals surface area contributed by atoms with Crippen LogP contribution in [-0.2, 0) is 20.9 Å². The standard InChI is InChI=1S/C27H28N4O5/c1-18-11-19(2)13-22(12-18)30-25(32)17-36-23-10-9-21(14-24(23)35-3)16-29-31-27(34)26(33)28-15-20-7-5-4-6-8-20/h4-14,16H,15,17H2,1-3H3,(H,28,33)(H,30,32)(H,31,34)/b29-16-. The van der Waals surface area contributed by atoms with Crippen molar-refractivity contribution in [1.29, 1.82) is 0 Å². The van der Waals surface area contributed by atoms with Gasteiger partial charge in [0.2, 0.25) is 0 Å². The zero-order chi connectivity index (χ0) is 25.9. The fourth-order valence-electron chi connectivity index (χ4n) is 3.35. The van der Waals surface area contributed by atoms with Crippen molar-refractivity contribution in [3.8, 4) is 11.5 Å². The number of hydrogen-bond donors (Lipinski definition) is 3. The van der Waals surface area contributed by atoms with E-state index in [2.05, 4.69) is 21.2 Å². The molecule has 0 fully saturated rings. The molecule has 9 nitrogen and oxygen atoms in total. The third kappa shape index (κ3) is 7.98. The second kappa shape index (κ2) is 12.7. The Morgan fingerprint density at radius 2 is 1.61 bits per heavy atom. The highest BCUT2D eigenvalue weighted by Gasteiger charge is 2.12. The van der Waals surface area contributed by atoms with E-state index in [1.807, 2.05) is 62.4 Å². The summed E-state index contributed by atoms with van der Waals surface area (Å²) in [5, 5.41) is 9.14. The number of rotatable bonds is 9. The van der Waals surface area contributed by atoms with Gasteiger partial charge in [-0.1, -0.05) is 36.4 Å². The number of nitrogens with one attached hydrogen (secondary N) is 3. The van der Waals surface area contributed by atoms with Gasteiger partial charge >= 0.3 is 11.8 Å². The molecule has 0 aliphatic rings. The predicted molar refractivity (Wildman–Crippen MR) is 137 cm³/mol. The summed E-state index contributed by atoms with van der Waals surface area (Å²) >= 11 is 0. The lowest BCUT2D eigenvalue weighted by Crippen LogP contribution is -2.37. The second-order valence-electron chi connectivity index (χ2n) is 7.99. The lowest BCUT2D eigenvalue weighted by Gasteiger charge is -2.12. The predicted octanol–water partition coefficient (Wildman–Crippen LogP) is 3.10. The Bertz CT molecular complexity index is 1240. The fourth-order valence-corrected chi connectivity index (χ4v) is 3.35. The lowest BCUT2D eigenvalue weighted by molar-refractivity contribution is -0.139. The zero-order valence-corrected chi connectivity index (χ0v) is 20.3. The van der Waals surface area contributed by atoms with Crippen molar-refractivity contribution in [1.82, 2.24) is 10.7 Å². The molecular weight excluding hydrogens is 460 g/mol. The molecule has 186 valence electrons. The molecule has 36 heavy (non-hydrogen) atoms. The number of amides is 3. The van der Waals surface area contributed by atoms with Crippen LogP contribution in [0.2, 0.25) is 0 Å². The second-order valence-corrected chi connectivity index (χ2v) is 7.99. The summed E-state index contributed by atoms with van der Waals surface area (Å²) in [5.41, 5.74) is 6.45. The molecular formula is C27H28N4O5. The number of carbonyl (C=O) groups excluding carboxylic acids is 3. The maximum Gasteiger partial charge on any atom is 0.329 e. The van der Waals surface area contributed by atoms with Gasteiger partial charge in [-0.05, 0) is 66.4 Å². The van der Waals surface area contributed by atoms with Gasteiger partial charge in [0.15, 0.2) is 18.1 Å². The molecule has 0 unspecified atom stereocenters. The third-order valence-corrected chi connectivity index (χ3v) is 4.93. The van der Waals surface area contributed by atoms with Crippen LogP contribution in [0.15, 0.2) is 71.8 Å². The first kappa shape index (κ1) is 26.0. The summed E-state index contributed by atoms with van der Waals surface area (Å²) in [6.07, 6.45) is 1.36. The largest absolute Gasteiger partial charge is 0.493 e. The quantitative estimate of drug-likeness (QED) is 0.243. The van der Waals surface area contributed by atoms with Crippen LogP contribution in [0.4, 0.5) is 5.69 Å². The molecule has 0 aromatic heterocycles. The van der Waals surface area contributed by atoms with Crippen LogP contribution < -0.4 is 25.5 Å². The molecule has 3 amide bonds. The van der Waals surface area contributed by atoms with Gasteiger partial charge in [0, 0.05) is 12.2 Å². The van der Waals surface area contributed by atoms with E-state index in [4.69, 9.17) is 9.47 Å². The van der Waals surface area contributed by atoms with Gasteiger partial charge in [-0.15, -0.1) is 0 Å². The number of benzene rings is 3. The number of anilines is 1. The van der Waals surface area contributed by atoms with Gasteiger partial charge in [0.25, 0.3) is 5.91 Å². The van der Waals surface area contributed by atoms with Crippen LogP contribution in [0, 0.1) is 13.8 Å². The van der Waals surface area contributed by atoms with Crippen LogP contribution in [-0.4, -0.2) is 37.7 Å². The fraction of sp³-hybridized carbons (Fsp3) is 0.185. The van der Waals surface area contributed by atoms with Crippen LogP contribution >= 0.6 is 0 Å². The highest BCUT2D eigenvalue weighted by molar-refractivity contribution is 6.35. The van der Waals surface area contributed by atoms with Crippen molar-refractivity contribution in [3.05, 3.63) is 89.0 Å². The number of hydrogen-bond acceptors (Lipinski definition) is 6. The van der Waals surface area contributed by atoms with Crippen molar-refractivity contribution in [2.24, 2.45) is 5.10 Å². The molecule has 3 N–H and O–H groups in total. The SMILES string of the molecule is COc1cc(/C=N\NC(=O)C(=O)NCc2ccccc2)ccc1OCC(=O)Nc1cc(C)cc(C)c1. The number of methoxy groups -OCH3 is 1. The first-order valence-corrected chi connectivity index (χ1v) is 11.2. The summed E-state index contributed by atoms with van der Waals surface area (Å²) in [4.78, 5) is 36.1. The van der Waals surface area contributed by atoms with Crippen LogP contribution in [0.5, 0.6) is 11.5 Å². The van der Waals surface area contributed by atoms with Crippen molar-refractivity contribution in [2.45, 2.75) is 20.4 Å². The number of carbonyl (C=O) groups is 3. The van der Waals surface area contributed by atoms with Crippen LogP contribution in [0.25, 0.3) is 0 Å². The molecule has 0 aliphatic carbocycles. The smallest absolute Gasteiger partial charge is 0.329 e. The Morgan fingerprint density at radius 1 is 0.889 bits per heavy atom. The number of aryl methyl sites for hydroxylation is 2. The monoisotopic (exact) mass is 488 g/mol. The molecule has 3 aromatic rings. The summed E-state index contributed by atoms with van der Waals surface area (Å²) < 4.78 is 10.9. The summed E-state index contributed by atoms with van der Waals surface area (Å²) in [7, 11) is 1.47. The topological polar surface area (TPSA) is 118 Å². The zero-order valence-electron chi connectivity index (χ0n) is 20.3. The minimum atomic E-state index is -0.885. The Hall–Kier alpha value is -4.66. The maximum atomic E-state index is 12.3. The normalized spacial score (nSPS) is 10.5. The number of ether oxygens (including phenoxy) is 2. The van der Waals surface area contributed by atoms with E-state index in [1.165, 1.54) is 13.3 Å². The maximum absolute atomic E-state index is 12.3. The highest BCUT2D eigenvalue weighted by Crippen LogP contribution is 2.27. The van der Waals surface area contributed by atoms with E-state index >= 15 is 0 Å². The van der Waals surface area contributed by atoms with E-state index in [-0.39, 0.29) is 19.1 Å². The third-order valence-electron chi connectivity index (χ3n) is 4.93. The van der Waals surface area contributed by atoms with Gasteiger partial charge < -0.3 is 20.1 Å². The van der Waals surface area contributed by atoms with Crippen molar-refractivity contribution >= 4 is 29.6 Å². The summed E-state index contributed by atoms with van der Waals surface area (Å²) in [5.74, 6) is -1.24. The molecule has 3 aromatic carbocycles. The van der Waals surface area contributed by atoms with Gasteiger partial charge in [0.1, 0.15) is 0 Å². The lowest BCUT2D eigenvalue weighted by atomic mass is 10.1. The van der Waals surface area contributed by atoms with E-state index in [9.17, 15) is 14.4 Å². The van der Waals surface area contributed by atoms with E-state index in [0.29, 0.717) is 22.7 Å². The van der Waals surface area contributed by atoms with Gasteiger partial charge in [0.05, 0.1) is 13.3 Å². The van der Waals surface area contributed by atoms with Crippen molar-refractivity contribution in [2.75, 3.05) is 19.0 Å². The Kier molecular flexibility index (Phi) is 9.16. The average Bonchev–Trinajstić information content (AvgIpc) is 2.86. The van der Waals surface area contributed by atoms with Crippen molar-refractivity contribution < 1.29 is 23.9 Å². The highest BCUT2D eigenvalue weighted by atomic mass is 16.5. The molecule has 9 heteroatoms. The Balaban J connectivity index is 1.50. The van der Waals surface area contributed by atoms with Crippen LogP contribution in [0.3, 0.4) is 0 Å². The van der Waals surface area contributed by atoms with E-state index < -0.39 is 11.8 Å². The van der Waals surface area contributed by atoms with Crippen LogP contribution in [0.1, 0.15) is 22.3 Å². The van der Waals surface area contributed by atoms with Gasteiger partial charge in [-0.3, -0.25) is 14.4 Å². The Morgan fingerprint density at radius 3 is 2.31 bits per heavy atom. The molecule has 0 aliphatic heterocycles. The molecule has 0 radical (unpaired) electrons. The first-order chi connectivity index (χ1) is 17.3. The minimum absolute atomic E-state index is 0.203. The molecule has 0 spiro atoms. The summed E-state index contributed by atoms with van der Waals surface area (Å²) in [6.45, 7) is 3.95. The number of nitrogens with zero attached hydrogens (tertiary/aromatic N) is 1. The van der Waals surface area contributed by atoms with Gasteiger partial charge in [-0.25, -0.2) is 5.43 Å². The molecule has 0 bridgehead atoms. The van der Waals surface area contributed by atoms with Crippen molar-refractivity contribution in [3.63, 3.8) is 0 Å². The van der Waals surface area contributed by atoms with E-state index in [0.717, 1.165) is 16.7 Å². The summed E-state index contributed by atoms with van der Waals surface area (Å²) in [6, 6.07) is 19.9. The Labute approximate surface area is 209 Å². The molecule has 0 saturated carbocycles. The minimum Gasteiger partial charge on any atom is -0.493 e. The molecule has 0 heterocycles. The molecule has 0 saturated heterocycles. The molecule has 3 rings (SSSR count). The molecule has 0 atom stereocenters. The first-order valence-electron chi connectivity index (χ1n) is 11.2. The number of hydrazone groups is 1. The average molecular weight is 489 g/mol.